The Morgan fingerprint density at radius 3 is 1.96 bits per heavy atom. The van der Waals surface area contributed by atoms with Gasteiger partial charge in [0, 0.05) is 29.7 Å². The molecule has 0 aliphatic rings. The van der Waals surface area contributed by atoms with Crippen molar-refractivity contribution < 1.29 is 19.6 Å². The van der Waals surface area contributed by atoms with Crippen molar-refractivity contribution in [3.05, 3.63) is 75.8 Å². The Morgan fingerprint density at radius 2 is 1.44 bits per heavy atom. The van der Waals surface area contributed by atoms with Gasteiger partial charge in [0.1, 0.15) is 0 Å². The molecule has 0 saturated carbocycles. The number of nitrogens with zero attached hydrogens (tertiary/aromatic N) is 1. The van der Waals surface area contributed by atoms with Crippen LogP contribution in [0.15, 0.2) is 54.6 Å². The van der Waals surface area contributed by atoms with Crippen LogP contribution in [0.5, 0.6) is 0 Å². The van der Waals surface area contributed by atoms with Gasteiger partial charge in [-0.25, -0.2) is 0 Å². The summed E-state index contributed by atoms with van der Waals surface area (Å²) in [5.41, 5.74) is 0.998. The Labute approximate surface area is 159 Å². The molecule has 27 heavy (non-hydrogen) atoms. The maximum Gasteiger partial charge on any atom is 0.303 e. The molecule has 0 saturated heterocycles. The number of hydrogen-bond donors (Lipinski definition) is 1. The molecule has 2 aromatic rings. The van der Waals surface area contributed by atoms with Crippen molar-refractivity contribution in [1.29, 1.82) is 0 Å². The van der Waals surface area contributed by atoms with Crippen LogP contribution in [0.2, 0.25) is 0 Å². The first-order chi connectivity index (χ1) is 13.0. The number of ketones is 1. The Bertz CT molecular complexity index is 726. The monoisotopic (exact) mass is 371 g/mol. The predicted molar refractivity (Wildman–Crippen MR) is 104 cm³/mol. The number of carbonyl (C=O) groups excluding carboxylic acids is 1. The Morgan fingerprint density at radius 1 is 0.889 bits per heavy atom. The number of unbranched alkanes of at least 4 members (excludes halogenated alkanes) is 4. The van der Waals surface area contributed by atoms with E-state index in [1.165, 1.54) is 43.5 Å². The van der Waals surface area contributed by atoms with Crippen molar-refractivity contribution in [1.82, 2.24) is 0 Å². The van der Waals surface area contributed by atoms with E-state index in [2.05, 4.69) is 6.92 Å². The highest BCUT2D eigenvalue weighted by molar-refractivity contribution is 6.09. The van der Waals surface area contributed by atoms with Crippen LogP contribution in [0.3, 0.4) is 0 Å². The highest BCUT2D eigenvalue weighted by Crippen LogP contribution is 2.15. The van der Waals surface area contributed by atoms with Crippen LogP contribution in [0, 0.1) is 10.1 Å². The SMILES string of the molecule is CCCCCCCC(=O)O.O=C(c1ccccc1)c1ccc([N+](=O)[O-])cc1. The van der Waals surface area contributed by atoms with Gasteiger partial charge < -0.3 is 5.11 Å². The van der Waals surface area contributed by atoms with E-state index in [0.29, 0.717) is 17.5 Å². The van der Waals surface area contributed by atoms with Gasteiger partial charge in [0.05, 0.1) is 4.92 Å². The normalized spacial score (nSPS) is 9.81. The van der Waals surface area contributed by atoms with Crippen LogP contribution in [0.25, 0.3) is 0 Å². The summed E-state index contributed by atoms with van der Waals surface area (Å²) >= 11 is 0. The van der Waals surface area contributed by atoms with Gasteiger partial charge in [-0.2, -0.15) is 0 Å². The number of carbonyl (C=O) groups is 2. The van der Waals surface area contributed by atoms with Gasteiger partial charge in [-0.3, -0.25) is 19.7 Å². The van der Waals surface area contributed by atoms with E-state index in [1.54, 1.807) is 24.3 Å². The highest BCUT2D eigenvalue weighted by atomic mass is 16.6. The zero-order valence-corrected chi connectivity index (χ0v) is 15.5. The summed E-state index contributed by atoms with van der Waals surface area (Å²) in [6, 6.07) is 14.4. The second kappa shape index (κ2) is 12.4. The van der Waals surface area contributed by atoms with Crippen LogP contribution < -0.4 is 0 Å². The van der Waals surface area contributed by atoms with Crippen LogP contribution >= 0.6 is 0 Å². The third-order valence-electron chi connectivity index (χ3n) is 3.87. The number of carboxylic acids is 1. The maximum atomic E-state index is 12.0. The molecule has 1 N–H and O–H groups in total. The summed E-state index contributed by atoms with van der Waals surface area (Å²) in [5.74, 6) is -0.808. The lowest BCUT2D eigenvalue weighted by molar-refractivity contribution is -0.384. The topological polar surface area (TPSA) is 97.5 Å². The second-order valence-electron chi connectivity index (χ2n) is 6.06. The summed E-state index contributed by atoms with van der Waals surface area (Å²) in [7, 11) is 0. The van der Waals surface area contributed by atoms with Gasteiger partial charge in [-0.05, 0) is 18.6 Å². The van der Waals surface area contributed by atoms with Crippen molar-refractivity contribution in [2.45, 2.75) is 45.4 Å². The number of nitro groups is 1. The van der Waals surface area contributed by atoms with E-state index in [0.717, 1.165) is 12.8 Å². The van der Waals surface area contributed by atoms with Crippen molar-refractivity contribution in [3.63, 3.8) is 0 Å². The van der Waals surface area contributed by atoms with Gasteiger partial charge in [0.15, 0.2) is 5.78 Å². The molecule has 144 valence electrons. The zero-order valence-electron chi connectivity index (χ0n) is 15.5. The fourth-order valence-electron chi connectivity index (χ4n) is 2.37. The molecule has 0 aromatic heterocycles. The summed E-state index contributed by atoms with van der Waals surface area (Å²) in [6.07, 6.45) is 5.88. The minimum absolute atomic E-state index is 0.0189. The molecule has 0 bridgehead atoms. The Balaban J connectivity index is 0.000000314. The van der Waals surface area contributed by atoms with E-state index in [9.17, 15) is 19.7 Å². The van der Waals surface area contributed by atoms with Crippen LogP contribution in [0.4, 0.5) is 5.69 Å². The first kappa shape index (κ1) is 22.0. The standard InChI is InChI=1S/C13H9NO3.C8H16O2/c15-13(10-4-2-1-3-5-10)11-6-8-12(9-7-11)14(16)17;1-2-3-4-5-6-7-8(9)10/h1-9H;2-7H2,1H3,(H,9,10). The van der Waals surface area contributed by atoms with Gasteiger partial charge >= 0.3 is 5.97 Å². The number of rotatable bonds is 9. The van der Waals surface area contributed by atoms with Crippen molar-refractivity contribution >= 4 is 17.4 Å². The molecule has 2 rings (SSSR count). The third kappa shape index (κ3) is 8.76. The molecule has 0 aliphatic carbocycles. The van der Waals surface area contributed by atoms with E-state index in [1.807, 2.05) is 6.07 Å². The van der Waals surface area contributed by atoms with E-state index in [4.69, 9.17) is 5.11 Å². The highest BCUT2D eigenvalue weighted by Gasteiger charge is 2.10. The molecule has 6 heteroatoms. The minimum Gasteiger partial charge on any atom is -0.481 e. The van der Waals surface area contributed by atoms with E-state index in [-0.39, 0.29) is 11.5 Å². The quantitative estimate of drug-likeness (QED) is 0.281. The second-order valence-corrected chi connectivity index (χ2v) is 6.06. The molecule has 2 aromatic carbocycles. The fourth-order valence-corrected chi connectivity index (χ4v) is 2.37. The van der Waals surface area contributed by atoms with Crippen LogP contribution in [-0.4, -0.2) is 21.8 Å². The number of non-ortho nitro benzene ring substituents is 1. The Hall–Kier alpha value is -3.02. The molecule has 0 radical (unpaired) electrons. The summed E-state index contributed by atoms with van der Waals surface area (Å²) in [5, 5.41) is 18.7. The minimum atomic E-state index is -0.670. The molecule has 6 nitrogen and oxygen atoms in total. The first-order valence-electron chi connectivity index (χ1n) is 9.01. The molecular weight excluding hydrogens is 346 g/mol. The van der Waals surface area contributed by atoms with Crippen molar-refractivity contribution in [3.8, 4) is 0 Å². The molecule has 0 aliphatic heterocycles. The number of hydrogen-bond acceptors (Lipinski definition) is 4. The van der Waals surface area contributed by atoms with Gasteiger partial charge in [-0.15, -0.1) is 0 Å². The Kier molecular flexibility index (Phi) is 10.1. The van der Waals surface area contributed by atoms with Crippen molar-refractivity contribution in [2.24, 2.45) is 0 Å². The number of nitro benzene ring substituents is 1. The zero-order chi connectivity index (χ0) is 20.1. The average molecular weight is 371 g/mol. The summed E-state index contributed by atoms with van der Waals surface area (Å²) in [6.45, 7) is 2.15. The van der Waals surface area contributed by atoms with Crippen LogP contribution in [-0.2, 0) is 4.79 Å². The molecule has 0 heterocycles. The lowest BCUT2D eigenvalue weighted by Crippen LogP contribution is -2.00. The fraction of sp³-hybridized carbons (Fsp3) is 0.333. The third-order valence-corrected chi connectivity index (χ3v) is 3.87. The lowest BCUT2D eigenvalue weighted by Gasteiger charge is -2.00. The predicted octanol–water partition coefficient (Wildman–Crippen LogP) is 5.26. The molecule has 0 spiro atoms. The van der Waals surface area contributed by atoms with Crippen LogP contribution in [0.1, 0.15) is 61.4 Å². The first-order valence-corrected chi connectivity index (χ1v) is 9.01. The largest absolute Gasteiger partial charge is 0.481 e. The molecular formula is C21H25NO5. The lowest BCUT2D eigenvalue weighted by atomic mass is 10.0. The maximum absolute atomic E-state index is 12.0. The number of benzene rings is 2. The van der Waals surface area contributed by atoms with Crippen molar-refractivity contribution in [2.75, 3.05) is 0 Å². The molecule has 0 amide bonds. The number of aliphatic carboxylic acids is 1. The summed E-state index contributed by atoms with van der Waals surface area (Å²) < 4.78 is 0. The molecule has 0 atom stereocenters. The molecule has 0 fully saturated rings. The van der Waals surface area contributed by atoms with E-state index < -0.39 is 10.9 Å². The summed E-state index contributed by atoms with van der Waals surface area (Å²) in [4.78, 5) is 32.0. The van der Waals surface area contributed by atoms with Gasteiger partial charge in [0.2, 0.25) is 0 Å². The smallest absolute Gasteiger partial charge is 0.303 e. The van der Waals surface area contributed by atoms with E-state index >= 15 is 0 Å². The average Bonchev–Trinajstić information content (AvgIpc) is 2.68. The van der Waals surface area contributed by atoms with Gasteiger partial charge in [-0.1, -0.05) is 62.9 Å². The number of carboxylic acid groups (broad SMARTS) is 1. The molecule has 0 unspecified atom stereocenters. The van der Waals surface area contributed by atoms with Gasteiger partial charge in [0.25, 0.3) is 5.69 Å².